The Kier molecular flexibility index (Phi) is 4.72. The third-order valence-corrected chi connectivity index (χ3v) is 3.75. The van der Waals surface area contributed by atoms with Crippen molar-refractivity contribution in [1.82, 2.24) is 14.3 Å². The van der Waals surface area contributed by atoms with E-state index in [2.05, 4.69) is 10.1 Å². The second kappa shape index (κ2) is 5.65. The fourth-order valence-electron chi connectivity index (χ4n) is 1.80. The zero-order valence-corrected chi connectivity index (χ0v) is 11.1. The van der Waals surface area contributed by atoms with E-state index in [0.29, 0.717) is 13.1 Å². The molecule has 1 rings (SSSR count). The highest BCUT2D eigenvalue weighted by Crippen LogP contribution is 2.08. The van der Waals surface area contributed by atoms with Gasteiger partial charge in [-0.2, -0.15) is 12.7 Å². The van der Waals surface area contributed by atoms with Crippen molar-refractivity contribution in [2.24, 2.45) is 0 Å². The maximum absolute atomic E-state index is 11.8. The van der Waals surface area contributed by atoms with Gasteiger partial charge in [0.2, 0.25) is 0 Å². The third kappa shape index (κ3) is 4.14. The summed E-state index contributed by atoms with van der Waals surface area (Å²) in [5, 5.41) is 3.21. The van der Waals surface area contributed by atoms with E-state index in [9.17, 15) is 13.2 Å². The molecule has 0 aromatic heterocycles. The van der Waals surface area contributed by atoms with Crippen LogP contribution in [-0.4, -0.2) is 50.6 Å². The smallest absolute Gasteiger partial charge is 0.421 e. The fraction of sp³-hybridized carbons (Fsp3) is 0.889. The van der Waals surface area contributed by atoms with Gasteiger partial charge in [0.05, 0.1) is 6.61 Å². The van der Waals surface area contributed by atoms with Crippen molar-refractivity contribution >= 4 is 16.3 Å². The van der Waals surface area contributed by atoms with Crippen LogP contribution in [-0.2, 0) is 14.9 Å². The lowest BCUT2D eigenvalue weighted by atomic mass is 10.2. The van der Waals surface area contributed by atoms with E-state index in [0.717, 1.165) is 0 Å². The molecule has 0 bridgehead atoms. The van der Waals surface area contributed by atoms with Gasteiger partial charge in [-0.3, -0.25) is 0 Å². The highest BCUT2D eigenvalue weighted by Gasteiger charge is 2.31. The highest BCUT2D eigenvalue weighted by molar-refractivity contribution is 7.87. The molecule has 1 heterocycles. The SMILES string of the molecule is CCOC(=O)NS(=O)(=O)N1CC(C)NC(C)C1. The Labute approximate surface area is 102 Å². The Morgan fingerprint density at radius 3 is 2.41 bits per heavy atom. The van der Waals surface area contributed by atoms with E-state index in [1.807, 2.05) is 18.6 Å². The normalized spacial score (nSPS) is 26.5. The minimum Gasteiger partial charge on any atom is -0.449 e. The van der Waals surface area contributed by atoms with Crippen molar-refractivity contribution in [2.45, 2.75) is 32.9 Å². The molecular formula is C9H19N3O4S. The molecule has 1 aliphatic heterocycles. The Hall–Kier alpha value is -0.860. The average molecular weight is 265 g/mol. The Balaban J connectivity index is 2.66. The van der Waals surface area contributed by atoms with Gasteiger partial charge in [-0.05, 0) is 20.8 Å². The summed E-state index contributed by atoms with van der Waals surface area (Å²) >= 11 is 0. The number of hydrogen-bond acceptors (Lipinski definition) is 5. The van der Waals surface area contributed by atoms with Gasteiger partial charge in [-0.15, -0.1) is 0 Å². The number of piperazine rings is 1. The lowest BCUT2D eigenvalue weighted by molar-refractivity contribution is 0.157. The lowest BCUT2D eigenvalue weighted by Gasteiger charge is -2.34. The molecule has 1 amide bonds. The van der Waals surface area contributed by atoms with Gasteiger partial charge in [0, 0.05) is 25.2 Å². The van der Waals surface area contributed by atoms with Crippen molar-refractivity contribution in [1.29, 1.82) is 0 Å². The number of hydrogen-bond donors (Lipinski definition) is 2. The third-order valence-electron chi connectivity index (χ3n) is 2.35. The molecule has 7 nitrogen and oxygen atoms in total. The fourth-order valence-corrected chi connectivity index (χ4v) is 3.04. The zero-order valence-electron chi connectivity index (χ0n) is 10.3. The first-order valence-electron chi connectivity index (χ1n) is 5.56. The summed E-state index contributed by atoms with van der Waals surface area (Å²) in [6.45, 7) is 6.19. The number of nitrogens with zero attached hydrogens (tertiary/aromatic N) is 1. The summed E-state index contributed by atoms with van der Waals surface area (Å²) in [6.07, 6.45) is -0.939. The molecule has 2 N–H and O–H groups in total. The van der Waals surface area contributed by atoms with Crippen LogP contribution in [0.4, 0.5) is 4.79 Å². The van der Waals surface area contributed by atoms with Crippen LogP contribution in [0, 0.1) is 0 Å². The molecule has 2 atom stereocenters. The van der Waals surface area contributed by atoms with Crippen LogP contribution in [0.2, 0.25) is 0 Å². The summed E-state index contributed by atoms with van der Waals surface area (Å²) in [5.74, 6) is 0. The topological polar surface area (TPSA) is 87.7 Å². The molecule has 0 radical (unpaired) electrons. The van der Waals surface area contributed by atoms with Gasteiger partial charge in [0.25, 0.3) is 0 Å². The van der Waals surface area contributed by atoms with Crippen LogP contribution in [0.15, 0.2) is 0 Å². The van der Waals surface area contributed by atoms with E-state index in [1.54, 1.807) is 6.92 Å². The highest BCUT2D eigenvalue weighted by atomic mass is 32.2. The molecule has 0 aromatic carbocycles. The van der Waals surface area contributed by atoms with E-state index in [-0.39, 0.29) is 18.7 Å². The van der Waals surface area contributed by atoms with Crippen LogP contribution < -0.4 is 10.0 Å². The lowest BCUT2D eigenvalue weighted by Crippen LogP contribution is -2.58. The van der Waals surface area contributed by atoms with E-state index in [1.165, 1.54) is 4.31 Å². The van der Waals surface area contributed by atoms with Crippen LogP contribution >= 0.6 is 0 Å². The molecule has 0 aromatic rings. The minimum absolute atomic E-state index is 0.0533. The van der Waals surface area contributed by atoms with Crippen LogP contribution in [0.5, 0.6) is 0 Å². The Morgan fingerprint density at radius 2 is 1.94 bits per heavy atom. The standard InChI is InChI=1S/C9H19N3O4S/c1-4-16-9(13)11-17(14,15)12-5-7(2)10-8(3)6-12/h7-8,10H,4-6H2,1-3H3,(H,11,13). The van der Waals surface area contributed by atoms with Crippen molar-refractivity contribution < 1.29 is 17.9 Å². The summed E-state index contributed by atoms with van der Waals surface area (Å²) in [7, 11) is -3.80. The average Bonchev–Trinajstić information content (AvgIpc) is 2.15. The first-order chi connectivity index (χ1) is 7.85. The number of ether oxygens (including phenoxy) is 1. The van der Waals surface area contributed by atoms with Crippen LogP contribution in [0.3, 0.4) is 0 Å². The monoisotopic (exact) mass is 265 g/mol. The van der Waals surface area contributed by atoms with Crippen LogP contribution in [0.1, 0.15) is 20.8 Å². The summed E-state index contributed by atoms with van der Waals surface area (Å²) in [6, 6.07) is 0.107. The first-order valence-corrected chi connectivity index (χ1v) is 7.00. The van der Waals surface area contributed by atoms with Gasteiger partial charge in [-0.1, -0.05) is 0 Å². The van der Waals surface area contributed by atoms with E-state index < -0.39 is 16.3 Å². The summed E-state index contributed by atoms with van der Waals surface area (Å²) < 4.78 is 31.4. The molecule has 1 aliphatic rings. The molecule has 0 spiro atoms. The van der Waals surface area contributed by atoms with E-state index >= 15 is 0 Å². The maximum Gasteiger partial charge on any atom is 0.421 e. The van der Waals surface area contributed by atoms with Crippen molar-refractivity contribution in [3.8, 4) is 0 Å². The predicted octanol–water partition coefficient (Wildman–Crippen LogP) is -0.340. The van der Waals surface area contributed by atoms with Gasteiger partial charge >= 0.3 is 16.3 Å². The summed E-state index contributed by atoms with van der Waals surface area (Å²) in [5.41, 5.74) is 0. The molecule has 100 valence electrons. The Bertz CT molecular complexity index is 360. The van der Waals surface area contributed by atoms with Crippen LogP contribution in [0.25, 0.3) is 0 Å². The number of carbonyl (C=O) groups excluding carboxylic acids is 1. The molecule has 0 aliphatic carbocycles. The number of amides is 1. The van der Waals surface area contributed by atoms with Gasteiger partial charge in [0.15, 0.2) is 0 Å². The van der Waals surface area contributed by atoms with Gasteiger partial charge < -0.3 is 10.1 Å². The molecule has 1 saturated heterocycles. The largest absolute Gasteiger partial charge is 0.449 e. The van der Waals surface area contributed by atoms with Crippen molar-refractivity contribution in [2.75, 3.05) is 19.7 Å². The summed E-state index contributed by atoms with van der Waals surface area (Å²) in [4.78, 5) is 11.1. The molecule has 8 heteroatoms. The molecule has 17 heavy (non-hydrogen) atoms. The second-order valence-corrected chi connectivity index (χ2v) is 5.78. The van der Waals surface area contributed by atoms with Gasteiger partial charge in [0.1, 0.15) is 0 Å². The first kappa shape index (κ1) is 14.2. The van der Waals surface area contributed by atoms with E-state index in [4.69, 9.17) is 0 Å². The molecule has 2 unspecified atom stereocenters. The van der Waals surface area contributed by atoms with Gasteiger partial charge in [-0.25, -0.2) is 9.52 Å². The molecule has 0 saturated carbocycles. The number of nitrogens with one attached hydrogen (secondary N) is 2. The maximum atomic E-state index is 11.8. The molecule has 1 fully saturated rings. The minimum atomic E-state index is -3.80. The van der Waals surface area contributed by atoms with Crippen molar-refractivity contribution in [3.05, 3.63) is 0 Å². The predicted molar refractivity (Wildman–Crippen MR) is 62.7 cm³/mol. The second-order valence-electron chi connectivity index (χ2n) is 4.11. The number of carbonyl (C=O) groups is 1. The zero-order chi connectivity index (χ0) is 13.1. The quantitative estimate of drug-likeness (QED) is 0.729. The van der Waals surface area contributed by atoms with Crippen molar-refractivity contribution in [3.63, 3.8) is 0 Å². The number of rotatable bonds is 3. The Morgan fingerprint density at radius 1 is 1.41 bits per heavy atom. The molecular weight excluding hydrogens is 246 g/mol.